The maximum atomic E-state index is 4.68. The molecule has 2 N–H and O–H groups in total. The summed E-state index contributed by atoms with van der Waals surface area (Å²) in [5.41, 5.74) is 5.35. The third kappa shape index (κ3) is 5.29. The van der Waals surface area contributed by atoms with E-state index >= 15 is 0 Å². The fourth-order valence-electron chi connectivity index (χ4n) is 2.82. The Bertz CT molecular complexity index is 874. The van der Waals surface area contributed by atoms with E-state index < -0.39 is 0 Å². The number of hydrogen-bond acceptors (Lipinski definition) is 3. The molecule has 7 heteroatoms. The first-order chi connectivity index (χ1) is 12.7. The van der Waals surface area contributed by atoms with Crippen LogP contribution in [0.4, 0.5) is 0 Å². The van der Waals surface area contributed by atoms with Gasteiger partial charge in [-0.1, -0.05) is 24.3 Å². The van der Waals surface area contributed by atoms with Crippen LogP contribution in [0.25, 0.3) is 5.69 Å². The molecule has 0 bridgehead atoms. The monoisotopic (exact) mass is 476 g/mol. The third-order valence-electron chi connectivity index (χ3n) is 4.26. The van der Waals surface area contributed by atoms with Gasteiger partial charge in [0.2, 0.25) is 0 Å². The second-order valence-electron chi connectivity index (χ2n) is 6.00. The summed E-state index contributed by atoms with van der Waals surface area (Å²) in [6.45, 7) is 5.41. The van der Waals surface area contributed by atoms with Crippen LogP contribution in [-0.4, -0.2) is 27.8 Å². The molecule has 0 aliphatic rings. The molecule has 0 aliphatic heterocycles. The van der Waals surface area contributed by atoms with Crippen molar-refractivity contribution in [2.24, 2.45) is 4.99 Å². The van der Waals surface area contributed by atoms with Gasteiger partial charge < -0.3 is 10.6 Å². The molecule has 0 unspecified atom stereocenters. The van der Waals surface area contributed by atoms with Crippen molar-refractivity contribution in [1.82, 2.24) is 25.4 Å². The molecule has 142 valence electrons. The van der Waals surface area contributed by atoms with Crippen LogP contribution in [0.15, 0.2) is 59.7 Å². The van der Waals surface area contributed by atoms with Gasteiger partial charge in [0.25, 0.3) is 0 Å². The summed E-state index contributed by atoms with van der Waals surface area (Å²) >= 11 is 0. The first kappa shape index (κ1) is 20.9. The first-order valence-electron chi connectivity index (χ1n) is 8.64. The Kier molecular flexibility index (Phi) is 7.78. The first-order valence-corrected chi connectivity index (χ1v) is 8.64. The van der Waals surface area contributed by atoms with Crippen LogP contribution in [0.1, 0.15) is 22.6 Å². The van der Waals surface area contributed by atoms with Crippen molar-refractivity contribution < 1.29 is 0 Å². The van der Waals surface area contributed by atoms with E-state index in [0.717, 1.165) is 28.7 Å². The average molecular weight is 476 g/mol. The lowest BCUT2D eigenvalue weighted by Gasteiger charge is -2.12. The lowest BCUT2D eigenvalue weighted by Crippen LogP contribution is -2.36. The summed E-state index contributed by atoms with van der Waals surface area (Å²) in [5.74, 6) is 0.738. The number of pyridine rings is 1. The molecule has 3 rings (SSSR count). The van der Waals surface area contributed by atoms with Crippen molar-refractivity contribution in [2.75, 3.05) is 7.05 Å². The largest absolute Gasteiger partial charge is 0.352 e. The molecule has 3 aromatic rings. The number of nitrogens with one attached hydrogen (secondary N) is 2. The van der Waals surface area contributed by atoms with Crippen LogP contribution in [0.3, 0.4) is 0 Å². The molecular formula is C20H25IN6. The van der Waals surface area contributed by atoms with E-state index in [-0.39, 0.29) is 24.0 Å². The van der Waals surface area contributed by atoms with Gasteiger partial charge >= 0.3 is 0 Å². The normalized spacial score (nSPS) is 11.0. The summed E-state index contributed by atoms with van der Waals surface area (Å²) in [7, 11) is 1.76. The van der Waals surface area contributed by atoms with E-state index in [2.05, 4.69) is 44.8 Å². The molecule has 2 heterocycles. The molecule has 27 heavy (non-hydrogen) atoms. The van der Waals surface area contributed by atoms with E-state index in [0.29, 0.717) is 13.1 Å². The molecule has 0 spiro atoms. The summed E-state index contributed by atoms with van der Waals surface area (Å²) in [4.78, 5) is 8.59. The number of aromatic nitrogens is 3. The summed E-state index contributed by atoms with van der Waals surface area (Å²) < 4.78 is 1.98. The number of para-hydroxylation sites is 1. The minimum absolute atomic E-state index is 0. The molecule has 0 amide bonds. The molecule has 0 fully saturated rings. The highest BCUT2D eigenvalue weighted by Crippen LogP contribution is 2.17. The Morgan fingerprint density at radius 2 is 1.70 bits per heavy atom. The van der Waals surface area contributed by atoms with Crippen molar-refractivity contribution in [3.8, 4) is 5.69 Å². The fraction of sp³-hybridized carbons (Fsp3) is 0.250. The van der Waals surface area contributed by atoms with Gasteiger partial charge in [-0.25, -0.2) is 4.68 Å². The van der Waals surface area contributed by atoms with Gasteiger partial charge in [-0.15, -0.1) is 24.0 Å². The molecule has 1 aromatic carbocycles. The number of hydrogen-bond donors (Lipinski definition) is 2. The van der Waals surface area contributed by atoms with Gasteiger partial charge in [-0.2, -0.15) is 5.10 Å². The van der Waals surface area contributed by atoms with Crippen LogP contribution in [-0.2, 0) is 13.1 Å². The predicted molar refractivity (Wildman–Crippen MR) is 120 cm³/mol. The number of rotatable bonds is 5. The molecule has 0 saturated carbocycles. The van der Waals surface area contributed by atoms with Gasteiger partial charge in [0, 0.05) is 31.0 Å². The fourth-order valence-corrected chi connectivity index (χ4v) is 2.82. The minimum atomic E-state index is 0. The summed E-state index contributed by atoms with van der Waals surface area (Å²) in [6.07, 6.45) is 1.79. The van der Waals surface area contributed by atoms with Gasteiger partial charge in [-0.3, -0.25) is 9.98 Å². The highest BCUT2D eigenvalue weighted by atomic mass is 127. The topological polar surface area (TPSA) is 67.1 Å². The lowest BCUT2D eigenvalue weighted by atomic mass is 10.2. The summed E-state index contributed by atoms with van der Waals surface area (Å²) in [6, 6.07) is 16.0. The van der Waals surface area contributed by atoms with Crippen molar-refractivity contribution >= 4 is 29.9 Å². The van der Waals surface area contributed by atoms with Gasteiger partial charge in [-0.05, 0) is 38.1 Å². The zero-order chi connectivity index (χ0) is 18.4. The molecule has 0 aliphatic carbocycles. The third-order valence-corrected chi connectivity index (χ3v) is 4.26. The van der Waals surface area contributed by atoms with E-state index in [1.54, 1.807) is 13.2 Å². The zero-order valence-electron chi connectivity index (χ0n) is 15.8. The van der Waals surface area contributed by atoms with Crippen LogP contribution >= 0.6 is 24.0 Å². The highest BCUT2D eigenvalue weighted by Gasteiger charge is 2.13. The van der Waals surface area contributed by atoms with E-state index in [1.165, 1.54) is 5.56 Å². The molecule has 0 saturated heterocycles. The smallest absolute Gasteiger partial charge is 0.191 e. The minimum Gasteiger partial charge on any atom is -0.352 e. The number of aliphatic imine (C=N–C) groups is 1. The second-order valence-corrected chi connectivity index (χ2v) is 6.00. The molecule has 6 nitrogen and oxygen atoms in total. The Hall–Kier alpha value is -2.42. The lowest BCUT2D eigenvalue weighted by molar-refractivity contribution is 0.788. The Balaban J connectivity index is 0.00000261. The second kappa shape index (κ2) is 10.1. The molecule has 0 atom stereocenters. The number of halogens is 1. The van der Waals surface area contributed by atoms with Crippen molar-refractivity contribution in [2.45, 2.75) is 26.9 Å². The van der Waals surface area contributed by atoms with Crippen molar-refractivity contribution in [3.63, 3.8) is 0 Å². The Morgan fingerprint density at radius 1 is 1.00 bits per heavy atom. The molecule has 2 aromatic heterocycles. The number of aryl methyl sites for hydroxylation is 1. The maximum absolute atomic E-state index is 4.68. The van der Waals surface area contributed by atoms with E-state index in [9.17, 15) is 0 Å². The van der Waals surface area contributed by atoms with Gasteiger partial charge in [0.1, 0.15) is 0 Å². The number of nitrogens with zero attached hydrogens (tertiary/aromatic N) is 4. The van der Waals surface area contributed by atoms with Crippen LogP contribution in [0.5, 0.6) is 0 Å². The maximum Gasteiger partial charge on any atom is 0.191 e. The average Bonchev–Trinajstić information content (AvgIpc) is 2.97. The van der Waals surface area contributed by atoms with Crippen molar-refractivity contribution in [3.05, 3.63) is 77.4 Å². The summed E-state index contributed by atoms with van der Waals surface area (Å²) in [5, 5.41) is 11.3. The number of guanidine groups is 1. The van der Waals surface area contributed by atoms with Gasteiger partial charge in [0.15, 0.2) is 5.96 Å². The van der Waals surface area contributed by atoms with Crippen molar-refractivity contribution in [1.29, 1.82) is 0 Å². The Labute approximate surface area is 177 Å². The Morgan fingerprint density at radius 3 is 2.37 bits per heavy atom. The quantitative estimate of drug-likeness (QED) is 0.337. The SMILES string of the molecule is CN=C(NCc1ccccn1)NCc1c(C)nn(-c2ccccc2)c1C.I. The van der Waals surface area contributed by atoms with E-state index in [1.807, 2.05) is 48.0 Å². The number of benzene rings is 1. The van der Waals surface area contributed by atoms with Crippen LogP contribution < -0.4 is 10.6 Å². The van der Waals surface area contributed by atoms with Crippen LogP contribution in [0.2, 0.25) is 0 Å². The van der Waals surface area contributed by atoms with Gasteiger partial charge in [0.05, 0.1) is 23.6 Å². The molecular weight excluding hydrogens is 451 g/mol. The van der Waals surface area contributed by atoms with E-state index in [4.69, 9.17) is 0 Å². The molecule has 0 radical (unpaired) electrons. The highest BCUT2D eigenvalue weighted by molar-refractivity contribution is 14.0. The predicted octanol–water partition coefficient (Wildman–Crippen LogP) is 3.37. The van der Waals surface area contributed by atoms with Crippen LogP contribution in [0, 0.1) is 13.8 Å². The standard InChI is InChI=1S/C20H24N6.HI/c1-15-19(16(2)26(25-15)18-10-5-4-6-11-18)14-24-20(21-3)23-13-17-9-7-8-12-22-17;/h4-12H,13-14H2,1-3H3,(H2,21,23,24);1H. The zero-order valence-corrected chi connectivity index (χ0v) is 18.1.